The Hall–Kier alpha value is -0.260. The van der Waals surface area contributed by atoms with Crippen molar-refractivity contribution in [3.8, 4) is 0 Å². The van der Waals surface area contributed by atoms with Gasteiger partial charge >= 0.3 is 0 Å². The van der Waals surface area contributed by atoms with Gasteiger partial charge in [-0.3, -0.25) is 0 Å². The second-order valence-corrected chi connectivity index (χ2v) is 4.63. The molecule has 1 atom stereocenters. The lowest BCUT2D eigenvalue weighted by atomic mass is 9.76. The monoisotopic (exact) mass is 168 g/mol. The molecule has 72 valence electrons. The van der Waals surface area contributed by atoms with E-state index in [1.165, 1.54) is 24.8 Å². The summed E-state index contributed by atoms with van der Waals surface area (Å²) in [7, 11) is 0. The van der Waals surface area contributed by atoms with Crippen molar-refractivity contribution in [3.63, 3.8) is 0 Å². The van der Waals surface area contributed by atoms with Gasteiger partial charge in [-0.2, -0.15) is 0 Å². The zero-order valence-corrected chi connectivity index (χ0v) is 9.41. The fourth-order valence-corrected chi connectivity index (χ4v) is 1.30. The Morgan fingerprint density at radius 2 is 1.92 bits per heavy atom. The van der Waals surface area contributed by atoms with Crippen molar-refractivity contribution in [2.75, 3.05) is 0 Å². The predicted molar refractivity (Wildman–Crippen MR) is 57.3 cm³/mol. The number of hydrogen-bond donors (Lipinski definition) is 0. The average Bonchev–Trinajstić information content (AvgIpc) is 1.99. The molecule has 0 fully saturated rings. The zero-order valence-electron chi connectivity index (χ0n) is 9.41. The molecule has 12 heavy (non-hydrogen) atoms. The minimum atomic E-state index is 0.379. The molecule has 0 radical (unpaired) electrons. The van der Waals surface area contributed by atoms with Gasteiger partial charge in [0, 0.05) is 0 Å². The first kappa shape index (κ1) is 11.7. The molecule has 0 saturated carbocycles. The van der Waals surface area contributed by atoms with E-state index in [0.29, 0.717) is 5.41 Å². The van der Waals surface area contributed by atoms with Crippen LogP contribution in [0.1, 0.15) is 53.9 Å². The van der Waals surface area contributed by atoms with Crippen molar-refractivity contribution in [1.82, 2.24) is 0 Å². The van der Waals surface area contributed by atoms with Gasteiger partial charge in [-0.15, -0.1) is 0 Å². The van der Waals surface area contributed by atoms with E-state index in [1.807, 2.05) is 0 Å². The van der Waals surface area contributed by atoms with Gasteiger partial charge in [0.2, 0.25) is 0 Å². The van der Waals surface area contributed by atoms with E-state index in [1.54, 1.807) is 0 Å². The molecular weight excluding hydrogens is 144 g/mol. The topological polar surface area (TPSA) is 0 Å². The first-order valence-electron chi connectivity index (χ1n) is 5.08. The molecule has 0 rings (SSSR count). The molecule has 0 heteroatoms. The van der Waals surface area contributed by atoms with E-state index < -0.39 is 0 Å². The molecule has 0 nitrogen and oxygen atoms in total. The Morgan fingerprint density at radius 1 is 1.42 bits per heavy atom. The third-order valence-corrected chi connectivity index (χ3v) is 3.08. The smallest absolute Gasteiger partial charge is 0.0124 e. The summed E-state index contributed by atoms with van der Waals surface area (Å²) < 4.78 is 0. The van der Waals surface area contributed by atoms with Crippen LogP contribution in [0.4, 0.5) is 0 Å². The van der Waals surface area contributed by atoms with Crippen LogP contribution < -0.4 is 0 Å². The highest BCUT2D eigenvalue weighted by Gasteiger charge is 2.22. The van der Waals surface area contributed by atoms with Crippen molar-refractivity contribution < 1.29 is 0 Å². The summed E-state index contributed by atoms with van der Waals surface area (Å²) in [6.07, 6.45) is 3.82. The van der Waals surface area contributed by atoms with Crippen LogP contribution in [-0.2, 0) is 0 Å². The van der Waals surface area contributed by atoms with Crippen LogP contribution >= 0.6 is 0 Å². The van der Waals surface area contributed by atoms with E-state index >= 15 is 0 Å². The normalized spacial score (nSPS) is 16.2. The summed E-state index contributed by atoms with van der Waals surface area (Å²) in [4.78, 5) is 0. The van der Waals surface area contributed by atoms with Crippen molar-refractivity contribution >= 4 is 0 Å². The van der Waals surface area contributed by atoms with E-state index in [2.05, 4.69) is 41.2 Å². The minimum Gasteiger partial charge on any atom is -0.0996 e. The van der Waals surface area contributed by atoms with E-state index in [9.17, 15) is 0 Å². The van der Waals surface area contributed by atoms with E-state index in [-0.39, 0.29) is 0 Å². The summed E-state index contributed by atoms with van der Waals surface area (Å²) in [6.45, 7) is 15.4. The van der Waals surface area contributed by atoms with Crippen LogP contribution in [0.5, 0.6) is 0 Å². The maximum absolute atomic E-state index is 4.08. The molecule has 0 bridgehead atoms. The van der Waals surface area contributed by atoms with Crippen molar-refractivity contribution in [3.05, 3.63) is 12.2 Å². The Bertz CT molecular complexity index is 144. The second kappa shape index (κ2) is 4.69. The average molecular weight is 168 g/mol. The van der Waals surface area contributed by atoms with Gasteiger partial charge in [-0.1, -0.05) is 46.3 Å². The number of hydrogen-bond acceptors (Lipinski definition) is 0. The van der Waals surface area contributed by atoms with Crippen LogP contribution in [0.15, 0.2) is 12.2 Å². The van der Waals surface area contributed by atoms with E-state index in [0.717, 1.165) is 5.92 Å². The lowest BCUT2D eigenvalue weighted by Gasteiger charge is -2.29. The molecule has 0 aliphatic carbocycles. The third kappa shape index (κ3) is 3.42. The largest absolute Gasteiger partial charge is 0.0996 e. The molecule has 1 unspecified atom stereocenters. The highest BCUT2D eigenvalue weighted by molar-refractivity contribution is 5.04. The van der Waals surface area contributed by atoms with Crippen LogP contribution in [0.25, 0.3) is 0 Å². The predicted octanol–water partition coefficient (Wildman–Crippen LogP) is 4.42. The molecule has 0 amide bonds. The molecule has 0 aromatic heterocycles. The molecule has 0 spiro atoms. The maximum Gasteiger partial charge on any atom is -0.0124 e. The SMILES string of the molecule is C=C(C)C(C)(CC)CCC(C)C. The molecule has 0 heterocycles. The highest BCUT2D eigenvalue weighted by Crippen LogP contribution is 2.35. The second-order valence-electron chi connectivity index (χ2n) is 4.63. The first-order chi connectivity index (χ1) is 5.42. The van der Waals surface area contributed by atoms with Crippen molar-refractivity contribution in [2.24, 2.45) is 11.3 Å². The van der Waals surface area contributed by atoms with Crippen LogP contribution in [0, 0.1) is 11.3 Å². The summed E-state index contributed by atoms with van der Waals surface area (Å²) in [5.41, 5.74) is 1.72. The van der Waals surface area contributed by atoms with Gasteiger partial charge in [0.15, 0.2) is 0 Å². The Labute approximate surface area is 78.1 Å². The molecule has 0 aliphatic heterocycles. The maximum atomic E-state index is 4.08. The van der Waals surface area contributed by atoms with Gasteiger partial charge in [0.05, 0.1) is 0 Å². The Kier molecular flexibility index (Phi) is 4.59. The van der Waals surface area contributed by atoms with Crippen LogP contribution in [-0.4, -0.2) is 0 Å². The number of rotatable bonds is 5. The van der Waals surface area contributed by atoms with Crippen molar-refractivity contribution in [2.45, 2.75) is 53.9 Å². The lowest BCUT2D eigenvalue weighted by Crippen LogP contribution is -2.16. The molecule has 0 aromatic carbocycles. The van der Waals surface area contributed by atoms with Crippen LogP contribution in [0.3, 0.4) is 0 Å². The van der Waals surface area contributed by atoms with Crippen molar-refractivity contribution in [1.29, 1.82) is 0 Å². The van der Waals surface area contributed by atoms with Gasteiger partial charge in [0.25, 0.3) is 0 Å². The first-order valence-corrected chi connectivity index (χ1v) is 5.08. The van der Waals surface area contributed by atoms with Gasteiger partial charge < -0.3 is 0 Å². The van der Waals surface area contributed by atoms with Gasteiger partial charge in [-0.25, -0.2) is 0 Å². The quantitative estimate of drug-likeness (QED) is 0.533. The van der Waals surface area contributed by atoms with E-state index in [4.69, 9.17) is 0 Å². The molecule has 0 aromatic rings. The molecule has 0 N–H and O–H groups in total. The van der Waals surface area contributed by atoms with Gasteiger partial charge in [0.1, 0.15) is 0 Å². The van der Waals surface area contributed by atoms with Gasteiger partial charge in [-0.05, 0) is 31.1 Å². The fraction of sp³-hybridized carbons (Fsp3) is 0.833. The Balaban J connectivity index is 4.06. The lowest BCUT2D eigenvalue weighted by molar-refractivity contribution is 0.319. The summed E-state index contributed by atoms with van der Waals surface area (Å²) in [6, 6.07) is 0. The Morgan fingerprint density at radius 3 is 2.17 bits per heavy atom. The summed E-state index contributed by atoms with van der Waals surface area (Å²) in [5.74, 6) is 0.815. The molecular formula is C12H24. The van der Waals surface area contributed by atoms with Crippen LogP contribution in [0.2, 0.25) is 0 Å². The fourth-order valence-electron chi connectivity index (χ4n) is 1.30. The summed E-state index contributed by atoms with van der Waals surface area (Å²) in [5, 5.41) is 0. The molecule has 0 aliphatic rings. The minimum absolute atomic E-state index is 0.379. The number of allylic oxidation sites excluding steroid dienone is 1. The third-order valence-electron chi connectivity index (χ3n) is 3.08. The molecule has 0 saturated heterocycles. The highest BCUT2D eigenvalue weighted by atomic mass is 14.3. The zero-order chi connectivity index (χ0) is 9.78. The summed E-state index contributed by atoms with van der Waals surface area (Å²) >= 11 is 0. The standard InChI is InChI=1S/C12H24/c1-7-12(6,11(4)5)9-8-10(2)3/h10H,4,7-9H2,1-3,5-6H3.